The minimum Gasteiger partial charge on any atom is -0.338 e. The van der Waals surface area contributed by atoms with Crippen LogP contribution in [-0.2, 0) is 11.2 Å². The Morgan fingerprint density at radius 3 is 2.55 bits per heavy atom. The third-order valence-corrected chi connectivity index (χ3v) is 4.79. The average molecular weight is 275 g/mol. The van der Waals surface area contributed by atoms with Crippen molar-refractivity contribution in [1.29, 1.82) is 0 Å². The molecule has 0 N–H and O–H groups in total. The van der Waals surface area contributed by atoms with E-state index in [2.05, 4.69) is 26.7 Å². The minimum atomic E-state index is -0.0426. The van der Waals surface area contributed by atoms with Crippen LogP contribution in [0.4, 0.5) is 0 Å². The predicted octanol–water partition coefficient (Wildman–Crippen LogP) is 0.417. The fourth-order valence-corrected chi connectivity index (χ4v) is 3.33. The molecule has 1 aromatic heterocycles. The molecule has 3 heterocycles. The fraction of sp³-hybridized carbons (Fsp3) is 0.786. The Bertz CT molecular complexity index is 528. The molecule has 1 aliphatic carbocycles. The lowest BCUT2D eigenvalue weighted by molar-refractivity contribution is -0.136. The molecule has 108 valence electrons. The van der Waals surface area contributed by atoms with Crippen LogP contribution < -0.4 is 0 Å². The van der Waals surface area contributed by atoms with Gasteiger partial charge in [-0.05, 0) is 26.3 Å². The molecule has 0 bridgehead atoms. The number of hydrogen-bond donors (Lipinski definition) is 0. The largest absolute Gasteiger partial charge is 0.338 e. The van der Waals surface area contributed by atoms with Gasteiger partial charge in [0.15, 0.2) is 0 Å². The predicted molar refractivity (Wildman–Crippen MR) is 73.4 cm³/mol. The molecule has 1 amide bonds. The molecule has 6 heteroatoms. The molecule has 6 nitrogen and oxygen atoms in total. The van der Waals surface area contributed by atoms with Crippen LogP contribution in [0.1, 0.15) is 42.9 Å². The van der Waals surface area contributed by atoms with E-state index in [1.165, 1.54) is 12.8 Å². The Morgan fingerprint density at radius 1 is 1.10 bits per heavy atom. The monoisotopic (exact) mass is 275 g/mol. The number of piperazine rings is 1. The lowest BCUT2D eigenvalue weighted by atomic mass is 10.1. The fourth-order valence-electron chi connectivity index (χ4n) is 3.33. The lowest BCUT2D eigenvalue weighted by Gasteiger charge is -2.34. The third kappa shape index (κ3) is 1.93. The van der Waals surface area contributed by atoms with E-state index in [1.54, 1.807) is 0 Å². The number of rotatable bonds is 2. The molecule has 0 aromatic carbocycles. The lowest BCUT2D eigenvalue weighted by Crippen LogP contribution is -2.49. The highest BCUT2D eigenvalue weighted by Crippen LogP contribution is 2.42. The number of fused-ring (bicyclic) bond motifs is 1. The Labute approximate surface area is 118 Å². The summed E-state index contributed by atoms with van der Waals surface area (Å²) < 4.78 is 2.15. The Hall–Kier alpha value is -1.43. The molecule has 1 unspecified atom stereocenters. The highest BCUT2D eigenvalue weighted by atomic mass is 16.2. The zero-order valence-corrected chi connectivity index (χ0v) is 12.0. The summed E-state index contributed by atoms with van der Waals surface area (Å²) in [4.78, 5) is 17.1. The van der Waals surface area contributed by atoms with Crippen molar-refractivity contribution in [3.63, 3.8) is 0 Å². The van der Waals surface area contributed by atoms with Gasteiger partial charge in [-0.25, -0.2) is 0 Å². The standard InChI is InChI=1S/C14H21N5O/c1-17-6-8-18(9-7-17)14(20)11-4-5-12-15-16-13(19(11)12)10-2-3-10/h10-11H,2-9H2,1H3. The van der Waals surface area contributed by atoms with Gasteiger partial charge in [0.05, 0.1) is 0 Å². The number of hydrogen-bond acceptors (Lipinski definition) is 4. The van der Waals surface area contributed by atoms with Gasteiger partial charge in [-0.15, -0.1) is 10.2 Å². The van der Waals surface area contributed by atoms with E-state index in [0.717, 1.165) is 50.7 Å². The molecule has 0 radical (unpaired) electrons. The summed E-state index contributed by atoms with van der Waals surface area (Å²) in [6, 6.07) is -0.0426. The molecule has 1 atom stereocenters. The van der Waals surface area contributed by atoms with E-state index in [9.17, 15) is 4.79 Å². The summed E-state index contributed by atoms with van der Waals surface area (Å²) in [5.41, 5.74) is 0. The second-order valence-electron chi connectivity index (χ2n) is 6.30. The van der Waals surface area contributed by atoms with Crippen molar-refractivity contribution in [2.75, 3.05) is 33.2 Å². The van der Waals surface area contributed by atoms with Crippen LogP contribution in [0.15, 0.2) is 0 Å². The number of likely N-dealkylation sites (N-methyl/N-ethyl adjacent to an activating group) is 1. The minimum absolute atomic E-state index is 0.0426. The molecule has 4 rings (SSSR count). The van der Waals surface area contributed by atoms with Gasteiger partial charge in [-0.1, -0.05) is 0 Å². The molecule has 2 fully saturated rings. The highest BCUT2D eigenvalue weighted by Gasteiger charge is 2.39. The third-order valence-electron chi connectivity index (χ3n) is 4.79. The smallest absolute Gasteiger partial charge is 0.245 e. The molecular formula is C14H21N5O. The van der Waals surface area contributed by atoms with Gasteiger partial charge in [-0.2, -0.15) is 0 Å². The Morgan fingerprint density at radius 2 is 1.85 bits per heavy atom. The second-order valence-corrected chi connectivity index (χ2v) is 6.30. The topological polar surface area (TPSA) is 54.3 Å². The van der Waals surface area contributed by atoms with Crippen molar-refractivity contribution in [2.24, 2.45) is 0 Å². The van der Waals surface area contributed by atoms with E-state index in [4.69, 9.17) is 0 Å². The molecule has 1 aromatic rings. The van der Waals surface area contributed by atoms with Gasteiger partial charge in [0.2, 0.25) is 5.91 Å². The number of carbonyl (C=O) groups excluding carboxylic acids is 1. The molecule has 0 spiro atoms. The first-order valence-corrected chi connectivity index (χ1v) is 7.65. The number of amides is 1. The van der Waals surface area contributed by atoms with Gasteiger partial charge in [-0.3, -0.25) is 4.79 Å². The van der Waals surface area contributed by atoms with Gasteiger partial charge in [0.25, 0.3) is 0 Å². The molecular weight excluding hydrogens is 254 g/mol. The highest BCUT2D eigenvalue weighted by molar-refractivity contribution is 5.81. The summed E-state index contributed by atoms with van der Waals surface area (Å²) in [6.07, 6.45) is 4.20. The normalized spacial score (nSPS) is 26.9. The van der Waals surface area contributed by atoms with Gasteiger partial charge in [0, 0.05) is 38.5 Å². The van der Waals surface area contributed by atoms with Crippen LogP contribution in [0.5, 0.6) is 0 Å². The summed E-state index contributed by atoms with van der Waals surface area (Å²) in [5, 5.41) is 8.61. The van der Waals surface area contributed by atoms with Gasteiger partial charge >= 0.3 is 0 Å². The van der Waals surface area contributed by atoms with Crippen LogP contribution in [-0.4, -0.2) is 63.7 Å². The van der Waals surface area contributed by atoms with Crippen molar-refractivity contribution in [3.05, 3.63) is 11.6 Å². The first-order chi connectivity index (χ1) is 9.74. The first kappa shape index (κ1) is 12.3. The molecule has 1 saturated carbocycles. The molecule has 1 saturated heterocycles. The first-order valence-electron chi connectivity index (χ1n) is 7.65. The van der Waals surface area contributed by atoms with Crippen LogP contribution in [0.3, 0.4) is 0 Å². The molecule has 3 aliphatic rings. The number of nitrogens with zero attached hydrogens (tertiary/aromatic N) is 5. The molecule has 2 aliphatic heterocycles. The van der Waals surface area contributed by atoms with Crippen molar-refractivity contribution in [1.82, 2.24) is 24.6 Å². The average Bonchev–Trinajstić information content (AvgIpc) is 3.07. The van der Waals surface area contributed by atoms with Crippen molar-refractivity contribution in [2.45, 2.75) is 37.6 Å². The van der Waals surface area contributed by atoms with Crippen molar-refractivity contribution < 1.29 is 4.79 Å². The van der Waals surface area contributed by atoms with Crippen LogP contribution in [0.2, 0.25) is 0 Å². The van der Waals surface area contributed by atoms with Crippen LogP contribution in [0.25, 0.3) is 0 Å². The number of aromatic nitrogens is 3. The van der Waals surface area contributed by atoms with E-state index in [-0.39, 0.29) is 11.9 Å². The second kappa shape index (κ2) is 4.55. The zero-order chi connectivity index (χ0) is 13.7. The number of aryl methyl sites for hydroxylation is 1. The van der Waals surface area contributed by atoms with E-state index >= 15 is 0 Å². The van der Waals surface area contributed by atoms with Gasteiger partial charge in [0.1, 0.15) is 17.7 Å². The maximum atomic E-state index is 12.8. The summed E-state index contributed by atoms with van der Waals surface area (Å²) in [6.45, 7) is 3.65. The molecule has 20 heavy (non-hydrogen) atoms. The van der Waals surface area contributed by atoms with E-state index in [1.807, 2.05) is 4.90 Å². The van der Waals surface area contributed by atoms with Crippen molar-refractivity contribution in [3.8, 4) is 0 Å². The number of carbonyl (C=O) groups is 1. The van der Waals surface area contributed by atoms with Gasteiger partial charge < -0.3 is 14.4 Å². The Balaban J connectivity index is 1.56. The van der Waals surface area contributed by atoms with E-state index in [0.29, 0.717) is 5.92 Å². The Kier molecular flexibility index (Phi) is 2.80. The summed E-state index contributed by atoms with van der Waals surface area (Å²) >= 11 is 0. The summed E-state index contributed by atoms with van der Waals surface area (Å²) in [7, 11) is 2.11. The maximum absolute atomic E-state index is 12.8. The maximum Gasteiger partial charge on any atom is 0.245 e. The zero-order valence-electron chi connectivity index (χ0n) is 12.0. The quantitative estimate of drug-likeness (QED) is 0.785. The van der Waals surface area contributed by atoms with Crippen molar-refractivity contribution >= 4 is 5.91 Å². The van der Waals surface area contributed by atoms with E-state index < -0.39 is 0 Å². The summed E-state index contributed by atoms with van der Waals surface area (Å²) in [5.74, 6) is 2.90. The van der Waals surface area contributed by atoms with Crippen LogP contribution >= 0.6 is 0 Å². The SMILES string of the molecule is CN1CCN(C(=O)C2CCc3nnc(C4CC4)n32)CC1. The van der Waals surface area contributed by atoms with Crippen LogP contribution in [0, 0.1) is 0 Å².